The molecule has 0 unspecified atom stereocenters. The third-order valence-electron chi connectivity index (χ3n) is 5.61. The van der Waals surface area contributed by atoms with Crippen molar-refractivity contribution in [3.63, 3.8) is 0 Å². The molecule has 1 fully saturated rings. The highest BCUT2D eigenvalue weighted by Crippen LogP contribution is 2.35. The number of nitrogens with one attached hydrogen (secondary N) is 1. The number of aromatic nitrogens is 2. The number of halogens is 1. The molecule has 1 aliphatic carbocycles. The van der Waals surface area contributed by atoms with E-state index in [1.165, 1.54) is 35.9 Å². The highest BCUT2D eigenvalue weighted by Gasteiger charge is 2.21. The molecule has 4 rings (SSSR count). The molecule has 3 aromatic rings. The Labute approximate surface area is 200 Å². The molecule has 1 aromatic carbocycles. The molecule has 0 spiro atoms. The van der Waals surface area contributed by atoms with E-state index in [4.69, 9.17) is 21.3 Å². The van der Waals surface area contributed by atoms with E-state index >= 15 is 0 Å². The van der Waals surface area contributed by atoms with E-state index in [0.717, 1.165) is 24.0 Å². The second kappa shape index (κ2) is 10.8. The lowest BCUT2D eigenvalue weighted by atomic mass is 10.1. The van der Waals surface area contributed by atoms with Gasteiger partial charge in [0.15, 0.2) is 5.16 Å². The van der Waals surface area contributed by atoms with Gasteiger partial charge in [-0.1, -0.05) is 54.4 Å². The van der Waals surface area contributed by atoms with Crippen LogP contribution in [0.25, 0.3) is 21.3 Å². The van der Waals surface area contributed by atoms with Crippen molar-refractivity contribution in [1.29, 1.82) is 0 Å². The fraction of sp³-hybridized carbons (Fsp3) is 0.435. The van der Waals surface area contributed by atoms with Crippen molar-refractivity contribution in [2.24, 2.45) is 0 Å². The third kappa shape index (κ3) is 5.20. The Hall–Kier alpha value is -1.87. The number of thiophene rings is 1. The first-order valence-electron chi connectivity index (χ1n) is 10.8. The van der Waals surface area contributed by atoms with Crippen molar-refractivity contribution in [3.05, 3.63) is 45.0 Å². The standard InChI is InChI=1S/C23H26ClN3O3S2/c1-30-12-6-11-27-22(29)20-17(16-9-4-5-10-18(16)24)13-31-21(20)26-23(27)32-14-19(28)25-15-7-2-3-8-15/h4-5,9-10,13,15H,2-3,6-8,11-12,14H2,1H3,(H,25,28). The Kier molecular flexibility index (Phi) is 7.88. The van der Waals surface area contributed by atoms with Gasteiger partial charge < -0.3 is 10.1 Å². The van der Waals surface area contributed by atoms with Crippen molar-refractivity contribution in [1.82, 2.24) is 14.9 Å². The zero-order valence-corrected chi connectivity index (χ0v) is 20.3. The van der Waals surface area contributed by atoms with Crippen LogP contribution in [0.3, 0.4) is 0 Å². The highest BCUT2D eigenvalue weighted by molar-refractivity contribution is 7.99. The molecule has 1 N–H and O–H groups in total. The Bertz CT molecular complexity index is 1160. The maximum Gasteiger partial charge on any atom is 0.263 e. The summed E-state index contributed by atoms with van der Waals surface area (Å²) in [7, 11) is 1.64. The van der Waals surface area contributed by atoms with Gasteiger partial charge in [-0.3, -0.25) is 14.2 Å². The van der Waals surface area contributed by atoms with Gasteiger partial charge in [-0.15, -0.1) is 11.3 Å². The maximum absolute atomic E-state index is 13.6. The minimum Gasteiger partial charge on any atom is -0.385 e. The molecule has 2 aromatic heterocycles. The Morgan fingerprint density at radius 1 is 1.31 bits per heavy atom. The maximum atomic E-state index is 13.6. The number of carbonyl (C=O) groups excluding carboxylic acids is 1. The second-order valence-corrected chi connectivity index (χ2v) is 10.1. The number of amides is 1. The molecule has 1 saturated carbocycles. The molecule has 1 aliphatic rings. The van der Waals surface area contributed by atoms with Crippen molar-refractivity contribution in [2.45, 2.75) is 49.8 Å². The minimum absolute atomic E-state index is 0.0115. The van der Waals surface area contributed by atoms with Gasteiger partial charge in [-0.25, -0.2) is 4.98 Å². The van der Waals surface area contributed by atoms with E-state index in [2.05, 4.69) is 5.32 Å². The number of nitrogens with zero attached hydrogens (tertiary/aromatic N) is 2. The summed E-state index contributed by atoms with van der Waals surface area (Å²) in [6, 6.07) is 7.78. The SMILES string of the molecule is COCCCn1c(SCC(=O)NC2CCCC2)nc2scc(-c3ccccc3Cl)c2c1=O. The van der Waals surface area contributed by atoms with Crippen LogP contribution >= 0.6 is 34.7 Å². The summed E-state index contributed by atoms with van der Waals surface area (Å²) in [5, 5.41) is 6.76. The van der Waals surface area contributed by atoms with Crippen molar-refractivity contribution in [3.8, 4) is 11.1 Å². The molecule has 6 nitrogen and oxygen atoms in total. The highest BCUT2D eigenvalue weighted by atomic mass is 35.5. The van der Waals surface area contributed by atoms with Gasteiger partial charge >= 0.3 is 0 Å². The lowest BCUT2D eigenvalue weighted by Gasteiger charge is -2.14. The fourth-order valence-corrected chi connectivity index (χ4v) is 6.08. The first kappa shape index (κ1) is 23.3. The number of ether oxygens (including phenoxy) is 1. The summed E-state index contributed by atoms with van der Waals surface area (Å²) in [6.45, 7) is 1.01. The predicted molar refractivity (Wildman–Crippen MR) is 132 cm³/mol. The number of fused-ring (bicyclic) bond motifs is 1. The van der Waals surface area contributed by atoms with E-state index in [1.807, 2.05) is 29.6 Å². The van der Waals surface area contributed by atoms with Gasteiger partial charge in [-0.2, -0.15) is 0 Å². The van der Waals surface area contributed by atoms with E-state index in [0.29, 0.717) is 40.0 Å². The van der Waals surface area contributed by atoms with Gasteiger partial charge in [0.05, 0.1) is 11.1 Å². The number of hydrogen-bond donors (Lipinski definition) is 1. The van der Waals surface area contributed by atoms with Crippen LogP contribution in [-0.2, 0) is 16.1 Å². The monoisotopic (exact) mass is 491 g/mol. The van der Waals surface area contributed by atoms with Gasteiger partial charge in [0.2, 0.25) is 5.91 Å². The third-order valence-corrected chi connectivity index (χ3v) is 7.78. The van der Waals surface area contributed by atoms with Crippen LogP contribution in [0.4, 0.5) is 0 Å². The summed E-state index contributed by atoms with van der Waals surface area (Å²) >= 11 is 9.14. The topological polar surface area (TPSA) is 73.2 Å². The zero-order chi connectivity index (χ0) is 22.5. The number of carbonyl (C=O) groups is 1. The van der Waals surface area contributed by atoms with Gasteiger partial charge in [0, 0.05) is 47.8 Å². The van der Waals surface area contributed by atoms with E-state index < -0.39 is 0 Å². The van der Waals surface area contributed by atoms with Gasteiger partial charge in [0.1, 0.15) is 4.83 Å². The van der Waals surface area contributed by atoms with Crippen LogP contribution in [-0.4, -0.2) is 41.0 Å². The lowest BCUT2D eigenvalue weighted by Crippen LogP contribution is -2.34. The predicted octanol–water partition coefficient (Wildman–Crippen LogP) is 4.97. The molecule has 0 radical (unpaired) electrons. The molecule has 9 heteroatoms. The number of rotatable bonds is 9. The summed E-state index contributed by atoms with van der Waals surface area (Å²) in [6.07, 6.45) is 5.10. The number of benzene rings is 1. The molecule has 0 saturated heterocycles. The van der Waals surface area contributed by atoms with Crippen LogP contribution in [0.5, 0.6) is 0 Å². The van der Waals surface area contributed by atoms with Crippen LogP contribution < -0.4 is 10.9 Å². The van der Waals surface area contributed by atoms with Crippen LogP contribution in [0, 0.1) is 0 Å². The van der Waals surface area contributed by atoms with E-state index in [9.17, 15) is 9.59 Å². The normalized spacial score (nSPS) is 14.3. The average Bonchev–Trinajstić information content (AvgIpc) is 3.44. The first-order chi connectivity index (χ1) is 15.6. The van der Waals surface area contributed by atoms with E-state index in [-0.39, 0.29) is 23.3 Å². The van der Waals surface area contributed by atoms with Crippen LogP contribution in [0.2, 0.25) is 5.02 Å². The second-order valence-electron chi connectivity index (χ2n) is 7.84. The van der Waals surface area contributed by atoms with Crippen LogP contribution in [0.15, 0.2) is 39.6 Å². The number of methoxy groups -OCH3 is 1. The molecule has 2 heterocycles. The molecule has 170 valence electrons. The zero-order valence-electron chi connectivity index (χ0n) is 17.9. The summed E-state index contributed by atoms with van der Waals surface area (Å²) < 4.78 is 6.84. The van der Waals surface area contributed by atoms with Crippen LogP contribution in [0.1, 0.15) is 32.1 Å². The Morgan fingerprint density at radius 2 is 2.09 bits per heavy atom. The average molecular weight is 492 g/mol. The minimum atomic E-state index is -0.110. The number of thioether (sulfide) groups is 1. The smallest absolute Gasteiger partial charge is 0.263 e. The molecule has 0 atom stereocenters. The molecule has 0 bridgehead atoms. The van der Waals surface area contributed by atoms with Crippen molar-refractivity contribution in [2.75, 3.05) is 19.5 Å². The molecular weight excluding hydrogens is 466 g/mol. The van der Waals surface area contributed by atoms with Crippen molar-refractivity contribution < 1.29 is 9.53 Å². The summed E-state index contributed by atoms with van der Waals surface area (Å²) in [5.74, 6) is 0.226. The molecular formula is C23H26ClN3O3S2. The van der Waals surface area contributed by atoms with Gasteiger partial charge in [-0.05, 0) is 25.3 Å². The van der Waals surface area contributed by atoms with Gasteiger partial charge in [0.25, 0.3) is 5.56 Å². The number of hydrogen-bond acceptors (Lipinski definition) is 6. The Balaban J connectivity index is 1.65. The quantitative estimate of drug-likeness (QED) is 0.260. The first-order valence-corrected chi connectivity index (χ1v) is 13.0. The van der Waals surface area contributed by atoms with E-state index in [1.54, 1.807) is 11.7 Å². The lowest BCUT2D eigenvalue weighted by molar-refractivity contribution is -0.119. The summed E-state index contributed by atoms with van der Waals surface area (Å²) in [5.41, 5.74) is 1.50. The fourth-order valence-electron chi connectivity index (χ4n) is 4.03. The largest absolute Gasteiger partial charge is 0.385 e. The Morgan fingerprint density at radius 3 is 2.84 bits per heavy atom. The molecule has 32 heavy (non-hydrogen) atoms. The molecule has 1 amide bonds. The summed E-state index contributed by atoms with van der Waals surface area (Å²) in [4.78, 5) is 31.4. The molecule has 0 aliphatic heterocycles. The van der Waals surface area contributed by atoms with Crippen molar-refractivity contribution >= 4 is 50.8 Å².